The van der Waals surface area contributed by atoms with Gasteiger partial charge in [0.25, 0.3) is 0 Å². The van der Waals surface area contributed by atoms with E-state index in [-0.39, 0.29) is 0 Å². The molecule has 0 amide bonds. The average Bonchev–Trinajstić information content (AvgIpc) is 2.79. The van der Waals surface area contributed by atoms with Crippen LogP contribution < -0.4 is 0 Å². The van der Waals surface area contributed by atoms with Gasteiger partial charge in [-0.3, -0.25) is 0 Å². The Hall–Kier alpha value is 1.18. The van der Waals surface area contributed by atoms with Gasteiger partial charge in [0.15, 0.2) is 0 Å². The maximum absolute atomic E-state index is 5.43. The molecule has 0 aromatic rings. The summed E-state index contributed by atoms with van der Waals surface area (Å²) in [6.45, 7) is 0. The highest BCUT2D eigenvalue weighted by molar-refractivity contribution is 7.82. The summed E-state index contributed by atoms with van der Waals surface area (Å²) in [6, 6.07) is 0. The number of unbranched alkanes of at least 4 members (excludes halogenated alkanes) is 15. The molecule has 32 heavy (non-hydrogen) atoms. The van der Waals surface area contributed by atoms with E-state index in [0.717, 1.165) is 22.8 Å². The Morgan fingerprint density at radius 3 is 0.750 bits per heavy atom. The fourth-order valence-electron chi connectivity index (χ4n) is 3.75. The van der Waals surface area contributed by atoms with Crippen molar-refractivity contribution in [2.75, 3.05) is 23.5 Å². The number of nitrogens with zero attached hydrogens (tertiary/aromatic N) is 2. The Labute approximate surface area is 232 Å². The first-order valence-electron chi connectivity index (χ1n) is 12.6. The van der Waals surface area contributed by atoms with Gasteiger partial charge in [0.05, 0.1) is 33.5 Å². The van der Waals surface area contributed by atoms with Gasteiger partial charge in [0, 0.05) is 0 Å². The van der Waals surface area contributed by atoms with Crippen molar-refractivity contribution in [3.05, 3.63) is 0 Å². The van der Waals surface area contributed by atoms with E-state index in [2.05, 4.69) is 50.5 Å². The molecule has 0 N–H and O–H groups in total. The zero-order chi connectivity index (χ0) is 23.9. The van der Waals surface area contributed by atoms with E-state index in [9.17, 15) is 0 Å². The summed E-state index contributed by atoms with van der Waals surface area (Å²) in [5.41, 5.74) is 0. The topological polar surface area (TPSA) is 6.48 Å². The summed E-state index contributed by atoms with van der Waals surface area (Å²) in [6.07, 6.45) is 23.7. The molecule has 8 heteroatoms. The van der Waals surface area contributed by atoms with Gasteiger partial charge in [-0.2, -0.15) is 50.5 Å². The molecule has 0 aromatic heterocycles. The van der Waals surface area contributed by atoms with Crippen molar-refractivity contribution in [1.29, 1.82) is 0 Å². The van der Waals surface area contributed by atoms with Crippen LogP contribution in [-0.4, -0.2) is 43.3 Å². The Morgan fingerprint density at radius 1 is 0.375 bits per heavy atom. The van der Waals surface area contributed by atoms with Crippen molar-refractivity contribution < 1.29 is 0 Å². The predicted molar refractivity (Wildman–Crippen MR) is 167 cm³/mol. The number of thiol groups is 4. The number of thiocarbonyl (C=S) groups is 2. The monoisotopic (exact) mass is 556 g/mol. The van der Waals surface area contributed by atoms with Crippen molar-refractivity contribution in [2.24, 2.45) is 0 Å². The summed E-state index contributed by atoms with van der Waals surface area (Å²) in [5.74, 6) is 2.69. The first kappa shape index (κ1) is 33.2. The third kappa shape index (κ3) is 19.5. The summed E-state index contributed by atoms with van der Waals surface area (Å²) < 4.78 is 0. The molecule has 0 heterocycles. The molecular formula is C24H48N2S6. The second kappa shape index (κ2) is 25.3. The van der Waals surface area contributed by atoms with Crippen LogP contribution in [0, 0.1) is 0 Å². The predicted octanol–water partition coefficient (Wildman–Crippen LogP) is 8.82. The molecule has 0 aliphatic carbocycles. The van der Waals surface area contributed by atoms with Crippen LogP contribution in [0.4, 0.5) is 0 Å². The Morgan fingerprint density at radius 2 is 0.562 bits per heavy atom. The van der Waals surface area contributed by atoms with Crippen LogP contribution >= 0.6 is 75.0 Å². The maximum atomic E-state index is 5.43. The zero-order valence-corrected chi connectivity index (χ0v) is 25.3. The lowest BCUT2D eigenvalue weighted by atomic mass is 10.0. The van der Waals surface area contributed by atoms with Crippen LogP contribution in [0.1, 0.15) is 116 Å². The number of hydrogen-bond donors (Lipinski definition) is 4. The zero-order valence-electron chi connectivity index (χ0n) is 20.1. The third-order valence-corrected chi connectivity index (χ3v) is 8.21. The Balaban J connectivity index is 3.25. The molecule has 0 aromatic carbocycles. The minimum Gasteiger partial charge on any atom is -0.348 e. The van der Waals surface area contributed by atoms with Crippen LogP contribution in [-0.2, 0) is 0 Å². The van der Waals surface area contributed by atoms with Crippen LogP contribution in [0.2, 0.25) is 0 Å². The van der Waals surface area contributed by atoms with E-state index in [1.165, 1.54) is 103 Å². The molecule has 0 saturated heterocycles. The van der Waals surface area contributed by atoms with Crippen molar-refractivity contribution in [1.82, 2.24) is 9.80 Å². The van der Waals surface area contributed by atoms with Crippen LogP contribution in [0.5, 0.6) is 0 Å². The quantitative estimate of drug-likeness (QED) is 0.0432. The molecule has 0 bridgehead atoms. The average molecular weight is 557 g/mol. The SMILES string of the molecule is S=C(CCCCCCCCCCCCCCCCCCC(=S)N(CS)CS)N(CS)CS. The molecule has 0 fully saturated rings. The van der Waals surface area contributed by atoms with Gasteiger partial charge in [-0.05, 0) is 25.7 Å². The molecule has 0 radical (unpaired) electrons. The van der Waals surface area contributed by atoms with Gasteiger partial charge in [-0.25, -0.2) is 0 Å². The molecule has 0 aliphatic heterocycles. The summed E-state index contributed by atoms with van der Waals surface area (Å²) >= 11 is 28.0. The van der Waals surface area contributed by atoms with Gasteiger partial charge in [-0.1, -0.05) is 114 Å². The van der Waals surface area contributed by atoms with Crippen LogP contribution in [0.15, 0.2) is 0 Å². The van der Waals surface area contributed by atoms with Gasteiger partial charge >= 0.3 is 0 Å². The molecule has 2 nitrogen and oxygen atoms in total. The van der Waals surface area contributed by atoms with Crippen molar-refractivity contribution in [2.45, 2.75) is 116 Å². The summed E-state index contributed by atoms with van der Waals surface area (Å²) in [7, 11) is 0. The smallest absolute Gasteiger partial charge is 0.0792 e. The van der Waals surface area contributed by atoms with Crippen LogP contribution in [0.25, 0.3) is 0 Å². The second-order valence-electron chi connectivity index (χ2n) is 8.59. The molecule has 0 saturated carbocycles. The highest BCUT2D eigenvalue weighted by Gasteiger charge is 2.06. The standard InChI is InChI=1S/C24H48N2S6/c27-19-25(20-28)23(31)17-15-13-11-9-7-5-3-1-2-4-6-8-10-12-14-16-18-24(32)26(21-29)22-30/h27-30H,1-22H2. The molecule has 0 spiro atoms. The van der Waals surface area contributed by atoms with Gasteiger partial charge in [0.2, 0.25) is 0 Å². The fraction of sp³-hybridized carbons (Fsp3) is 0.917. The van der Waals surface area contributed by atoms with Crippen molar-refractivity contribution in [3.8, 4) is 0 Å². The lowest BCUT2D eigenvalue weighted by Crippen LogP contribution is -2.26. The first-order chi connectivity index (χ1) is 15.6. The maximum Gasteiger partial charge on any atom is 0.0792 e. The molecule has 0 atom stereocenters. The van der Waals surface area contributed by atoms with E-state index < -0.39 is 0 Å². The first-order valence-corrected chi connectivity index (χ1v) is 15.9. The van der Waals surface area contributed by atoms with Crippen molar-refractivity contribution >= 4 is 84.9 Å². The van der Waals surface area contributed by atoms with Gasteiger partial charge < -0.3 is 9.80 Å². The van der Waals surface area contributed by atoms with E-state index in [1.807, 2.05) is 9.80 Å². The largest absolute Gasteiger partial charge is 0.348 e. The normalized spacial score (nSPS) is 11.0. The Bertz CT molecular complexity index is 402. The minimum atomic E-state index is 0.672. The molecular weight excluding hydrogens is 509 g/mol. The molecule has 190 valence electrons. The number of rotatable bonds is 23. The fourth-order valence-corrected chi connectivity index (χ4v) is 6.08. The third-order valence-electron chi connectivity index (χ3n) is 5.92. The molecule has 0 unspecified atom stereocenters. The molecule has 0 aliphatic rings. The van der Waals surface area contributed by atoms with Crippen molar-refractivity contribution in [3.63, 3.8) is 0 Å². The highest BCUT2D eigenvalue weighted by Crippen LogP contribution is 2.15. The van der Waals surface area contributed by atoms with E-state index >= 15 is 0 Å². The van der Waals surface area contributed by atoms with Gasteiger partial charge in [0.1, 0.15) is 0 Å². The van der Waals surface area contributed by atoms with E-state index in [1.54, 1.807) is 0 Å². The van der Waals surface area contributed by atoms with E-state index in [4.69, 9.17) is 24.4 Å². The lowest BCUT2D eigenvalue weighted by Gasteiger charge is -2.20. The Kier molecular flexibility index (Phi) is 26.2. The summed E-state index contributed by atoms with van der Waals surface area (Å²) in [5, 5.41) is 0. The lowest BCUT2D eigenvalue weighted by molar-refractivity contribution is 0.524. The van der Waals surface area contributed by atoms with E-state index in [0.29, 0.717) is 23.5 Å². The minimum absolute atomic E-state index is 0.672. The second-order valence-corrected chi connectivity index (χ2v) is 10.7. The molecule has 0 rings (SSSR count). The summed E-state index contributed by atoms with van der Waals surface area (Å²) in [4.78, 5) is 6.12. The van der Waals surface area contributed by atoms with Gasteiger partial charge in [-0.15, -0.1) is 0 Å². The number of hydrogen-bond acceptors (Lipinski definition) is 6. The highest BCUT2D eigenvalue weighted by atomic mass is 32.1. The van der Waals surface area contributed by atoms with Crippen LogP contribution in [0.3, 0.4) is 0 Å².